The molecule has 0 aromatic carbocycles. The van der Waals surface area contributed by atoms with Crippen LogP contribution in [0.4, 0.5) is 0 Å². The minimum atomic E-state index is 0.0528. The smallest absolute Gasteiger partial charge is 0.0613 e. The number of halogens is 4. The Hall–Kier alpha value is 1.73. The lowest BCUT2D eigenvalue weighted by Crippen LogP contribution is -2.14. The lowest BCUT2D eigenvalue weighted by atomic mass is 10.3. The van der Waals surface area contributed by atoms with Gasteiger partial charge in [-0.2, -0.15) is 0 Å². The van der Waals surface area contributed by atoms with Gasteiger partial charge in [-0.25, -0.2) is 3.53 Å². The Labute approximate surface area is 107 Å². The molecule has 0 unspecified atom stereocenters. The van der Waals surface area contributed by atoms with E-state index in [4.69, 9.17) is 0 Å². The van der Waals surface area contributed by atoms with Gasteiger partial charge >= 0.3 is 0 Å². The molecule has 0 atom stereocenters. The molecule has 11 heavy (non-hydrogen) atoms. The Bertz CT molecular complexity index is 245. The first-order valence-corrected chi connectivity index (χ1v) is 8.09. The highest BCUT2D eigenvalue weighted by atomic mass is 127. The number of rotatable bonds is 2. The third-order valence-electron chi connectivity index (χ3n) is 1.09. The Morgan fingerprint density at radius 1 is 1.64 bits per heavy atom. The molecular weight excluding hydrogens is 500 g/mol. The first-order chi connectivity index (χ1) is 5.27. The van der Waals surface area contributed by atoms with Gasteiger partial charge in [0, 0.05) is 32.7 Å². The largest absolute Gasteiger partial charge is 0.225 e. The van der Waals surface area contributed by atoms with Gasteiger partial charge in [-0.15, -0.1) is 0 Å². The number of alkyl halides is 1. The van der Waals surface area contributed by atoms with Crippen molar-refractivity contribution >= 4 is 79.1 Å². The van der Waals surface area contributed by atoms with E-state index in [1.807, 2.05) is 0 Å². The normalized spacial score (nSPS) is 17.9. The van der Waals surface area contributed by atoms with E-state index in [0.29, 0.717) is 0 Å². The van der Waals surface area contributed by atoms with Gasteiger partial charge in [-0.3, -0.25) is 0 Å². The third-order valence-corrected chi connectivity index (χ3v) is 7.15. The van der Waals surface area contributed by atoms with Gasteiger partial charge in [0.2, 0.25) is 0 Å². The van der Waals surface area contributed by atoms with E-state index < -0.39 is 0 Å². The summed E-state index contributed by atoms with van der Waals surface area (Å²) in [5.41, 5.74) is 1.36. The van der Waals surface area contributed by atoms with Gasteiger partial charge in [0.05, 0.1) is 3.63 Å². The van der Waals surface area contributed by atoms with Gasteiger partial charge < -0.3 is 0 Å². The van der Waals surface area contributed by atoms with E-state index in [1.54, 1.807) is 0 Å². The van der Waals surface area contributed by atoms with Crippen molar-refractivity contribution in [1.82, 2.24) is 3.53 Å². The number of hydrogen-bond acceptors (Lipinski definition) is 1. The van der Waals surface area contributed by atoms with Crippen LogP contribution in [-0.4, -0.2) is 8.96 Å². The molecular formula is C6H5Br2I2N. The zero-order chi connectivity index (χ0) is 8.27. The van der Waals surface area contributed by atoms with Crippen LogP contribution in [0.15, 0.2) is 20.2 Å². The first-order valence-electron chi connectivity index (χ1n) is 2.77. The summed E-state index contributed by atoms with van der Waals surface area (Å²) < 4.78 is 8.06. The fourth-order valence-electron chi connectivity index (χ4n) is 0.617. The highest BCUT2D eigenvalue weighted by Gasteiger charge is 2.06. The molecule has 1 rings (SSSR count). The third kappa shape index (κ3) is 3.17. The van der Waals surface area contributed by atoms with E-state index in [-0.39, 0.29) is 20.7 Å². The van der Waals surface area contributed by atoms with Crippen LogP contribution in [0.3, 0.4) is 0 Å². The van der Waals surface area contributed by atoms with Gasteiger partial charge in [-0.1, -0.05) is 52.6 Å². The molecule has 5 heteroatoms. The van der Waals surface area contributed by atoms with Crippen LogP contribution in [0.5, 0.6) is 0 Å². The molecule has 1 nitrogen and oxygen atoms in total. The van der Waals surface area contributed by atoms with E-state index in [1.165, 1.54) is 13.7 Å². The van der Waals surface area contributed by atoms with Crippen LogP contribution >= 0.6 is 75.5 Å². The predicted octanol–water partition coefficient (Wildman–Crippen LogP) is 3.60. The van der Waals surface area contributed by atoms with Crippen LogP contribution in [-0.2, 0) is 0 Å². The summed E-state index contributed by atoms with van der Waals surface area (Å²) in [5, 5.41) is 0.932. The van der Waals surface area contributed by atoms with Crippen molar-refractivity contribution in [2.45, 2.75) is 0 Å². The summed E-state index contributed by atoms with van der Waals surface area (Å²) in [5.74, 6) is 0. The standard InChI is InChI=1S/C6H5Br2I2N/c7-2-4-1-5(8)3-10-6(4)11-9/h1,3,11H,2H2. The second kappa shape index (κ2) is 5.46. The van der Waals surface area contributed by atoms with E-state index in [2.05, 4.69) is 68.4 Å². The molecule has 0 spiro atoms. The lowest BCUT2D eigenvalue weighted by Gasteiger charge is -2.08. The second-order valence-corrected chi connectivity index (χ2v) is 6.15. The molecule has 1 heterocycles. The molecule has 62 valence electrons. The average Bonchev–Trinajstić information content (AvgIpc) is 2.04. The highest BCUT2D eigenvalue weighted by Crippen LogP contribution is 2.24. The van der Waals surface area contributed by atoms with Gasteiger partial charge in [-0.05, 0) is 15.7 Å². The summed E-state index contributed by atoms with van der Waals surface area (Å²) in [6.07, 6.45) is 2.15. The second-order valence-electron chi connectivity index (χ2n) is 1.81. The maximum Gasteiger partial charge on any atom is 0.0613 e. The van der Waals surface area contributed by atoms with E-state index >= 15 is 0 Å². The number of allylic oxidation sites excluding steroid dienone is 2. The van der Waals surface area contributed by atoms with Crippen molar-refractivity contribution in [2.24, 2.45) is 0 Å². The first kappa shape index (κ1) is 10.8. The van der Waals surface area contributed by atoms with E-state index in [9.17, 15) is 0 Å². The minimum Gasteiger partial charge on any atom is -0.225 e. The van der Waals surface area contributed by atoms with Crippen molar-refractivity contribution in [1.29, 1.82) is 0 Å². The molecule has 1 aliphatic heterocycles. The van der Waals surface area contributed by atoms with Crippen molar-refractivity contribution in [3.8, 4) is 0 Å². The molecule has 0 bridgehead atoms. The van der Waals surface area contributed by atoms with Gasteiger partial charge in [0.1, 0.15) is 0 Å². The summed E-state index contributed by atoms with van der Waals surface area (Å²) in [6, 6.07) is 0. The van der Waals surface area contributed by atoms with Gasteiger partial charge in [0.25, 0.3) is 0 Å². The predicted molar refractivity (Wildman–Crippen MR) is 75.1 cm³/mol. The summed E-state index contributed by atoms with van der Waals surface area (Å²) >= 11 is 9.17. The van der Waals surface area contributed by atoms with Crippen LogP contribution in [0.1, 0.15) is 0 Å². The Balaban J connectivity index is 2.90. The Kier molecular flexibility index (Phi) is 5.36. The fraction of sp³-hybridized carbons (Fsp3) is 0.167. The molecule has 0 aliphatic carbocycles. The van der Waals surface area contributed by atoms with Crippen LogP contribution in [0.25, 0.3) is 0 Å². The molecule has 0 aromatic heterocycles. The minimum absolute atomic E-state index is 0.0528. The lowest BCUT2D eigenvalue weighted by molar-refractivity contribution is 1.55. The maximum absolute atomic E-state index is 3.47. The summed E-state index contributed by atoms with van der Waals surface area (Å²) in [4.78, 5) is 0. The molecule has 1 aliphatic rings. The van der Waals surface area contributed by atoms with Crippen molar-refractivity contribution < 1.29 is 0 Å². The molecule has 0 amide bonds. The van der Waals surface area contributed by atoms with Crippen molar-refractivity contribution in [3.63, 3.8) is 0 Å². The van der Waals surface area contributed by atoms with Crippen LogP contribution in [0, 0.1) is 0 Å². The molecule has 1 N–H and O–H groups in total. The highest BCUT2D eigenvalue weighted by molar-refractivity contribution is 14.2. The Morgan fingerprint density at radius 3 is 2.91 bits per heavy atom. The molecule has 0 aromatic rings. The average molecular weight is 505 g/mol. The van der Waals surface area contributed by atoms with Crippen LogP contribution < -0.4 is 3.53 Å². The topological polar surface area (TPSA) is 12.0 Å². The fourth-order valence-corrected chi connectivity index (χ4v) is 5.23. The van der Waals surface area contributed by atoms with Gasteiger partial charge in [0.15, 0.2) is 0 Å². The molecule has 0 radical (unpaired) electrons. The summed E-state index contributed by atoms with van der Waals surface area (Å²) in [7, 11) is 0. The van der Waals surface area contributed by atoms with Crippen molar-refractivity contribution in [3.05, 3.63) is 20.2 Å². The quantitative estimate of drug-likeness (QED) is 0.344. The maximum atomic E-state index is 3.47. The molecule has 0 saturated heterocycles. The SMILES string of the molecule is BrCC1=CC(Br)=CI=C1NI. The monoisotopic (exact) mass is 503 g/mol. The number of hydrogen-bond donors (Lipinski definition) is 1. The molecule has 0 saturated carbocycles. The number of nitrogens with one attached hydrogen (secondary N) is 1. The zero-order valence-electron chi connectivity index (χ0n) is 5.37. The zero-order valence-corrected chi connectivity index (χ0v) is 12.9. The summed E-state index contributed by atoms with van der Waals surface area (Å²) in [6.45, 7) is 0. The molecule has 0 fully saturated rings. The van der Waals surface area contributed by atoms with Crippen LogP contribution in [0.2, 0.25) is 0 Å². The van der Waals surface area contributed by atoms with E-state index in [0.717, 1.165) is 5.33 Å². The Morgan fingerprint density at radius 2 is 2.36 bits per heavy atom. The van der Waals surface area contributed by atoms with Crippen molar-refractivity contribution in [2.75, 3.05) is 5.33 Å².